The maximum absolute atomic E-state index is 11.7. The smallest absolute Gasteiger partial charge is 0.323 e. The predicted octanol–water partition coefficient (Wildman–Crippen LogP) is 0.996. The third kappa shape index (κ3) is 2.23. The van der Waals surface area contributed by atoms with Gasteiger partial charge < -0.3 is 10.0 Å². The van der Waals surface area contributed by atoms with Crippen molar-refractivity contribution < 1.29 is 14.7 Å². The molecule has 0 bridgehead atoms. The summed E-state index contributed by atoms with van der Waals surface area (Å²) in [5.41, 5.74) is 1.15. The van der Waals surface area contributed by atoms with Gasteiger partial charge in [-0.15, -0.1) is 0 Å². The molecule has 2 aliphatic heterocycles. The Bertz CT molecular complexity index is 558. The van der Waals surface area contributed by atoms with E-state index in [-0.39, 0.29) is 23.9 Å². The topological polar surface area (TPSA) is 70.0 Å². The monoisotopic (exact) mass is 276 g/mol. The molecule has 6 heteroatoms. The van der Waals surface area contributed by atoms with E-state index < -0.39 is 5.97 Å². The zero-order valence-electron chi connectivity index (χ0n) is 10.0. The average Bonchev–Trinajstić information content (AvgIpc) is 2.77. The Labute approximate surface area is 114 Å². The molecule has 0 spiro atoms. The van der Waals surface area contributed by atoms with Gasteiger partial charge in [-0.2, -0.15) is 0 Å². The Hall–Kier alpha value is -1.82. The molecule has 19 heavy (non-hydrogen) atoms. The second-order valence-electron chi connectivity index (χ2n) is 4.50. The van der Waals surface area contributed by atoms with E-state index in [1.165, 1.54) is 16.7 Å². The fourth-order valence-electron chi connectivity index (χ4n) is 2.25. The summed E-state index contributed by atoms with van der Waals surface area (Å²) >= 11 is 1.50. The number of nitrogens with zero attached hydrogens (tertiary/aromatic N) is 2. The number of hydrogen-bond donors (Lipinski definition) is 1. The summed E-state index contributed by atoms with van der Waals surface area (Å²) in [5.74, 6) is -1.16. The van der Waals surface area contributed by atoms with E-state index in [2.05, 4.69) is 4.99 Å². The summed E-state index contributed by atoms with van der Waals surface area (Å²) in [6.45, 7) is -0.235. The molecule has 2 aliphatic rings. The van der Waals surface area contributed by atoms with E-state index in [4.69, 9.17) is 5.11 Å². The summed E-state index contributed by atoms with van der Waals surface area (Å²) in [6.07, 6.45) is 0.701. The average molecular weight is 276 g/mol. The molecule has 0 aromatic heterocycles. The number of aliphatic carboxylic acids is 1. The van der Waals surface area contributed by atoms with Gasteiger partial charge in [0, 0.05) is 6.42 Å². The van der Waals surface area contributed by atoms with Gasteiger partial charge in [0.25, 0.3) is 5.91 Å². The number of thioether (sulfide) groups is 1. The van der Waals surface area contributed by atoms with Gasteiger partial charge in [0.1, 0.15) is 11.9 Å². The van der Waals surface area contributed by atoms with Gasteiger partial charge in [-0.3, -0.25) is 14.6 Å². The number of carbonyl (C=O) groups is 2. The van der Waals surface area contributed by atoms with E-state index in [9.17, 15) is 9.59 Å². The van der Waals surface area contributed by atoms with E-state index in [0.717, 1.165) is 10.6 Å². The Morgan fingerprint density at radius 1 is 1.37 bits per heavy atom. The van der Waals surface area contributed by atoms with Crippen LogP contribution in [-0.4, -0.2) is 44.9 Å². The van der Waals surface area contributed by atoms with Crippen LogP contribution in [0.3, 0.4) is 0 Å². The highest BCUT2D eigenvalue weighted by Gasteiger charge is 2.52. The number of amides is 1. The first-order chi connectivity index (χ1) is 9.15. The van der Waals surface area contributed by atoms with Crippen molar-refractivity contribution in [3.05, 3.63) is 35.9 Å². The van der Waals surface area contributed by atoms with Crippen molar-refractivity contribution in [3.63, 3.8) is 0 Å². The lowest BCUT2D eigenvalue weighted by atomic mass is 10.1. The van der Waals surface area contributed by atoms with Gasteiger partial charge >= 0.3 is 5.97 Å². The van der Waals surface area contributed by atoms with Gasteiger partial charge in [-0.1, -0.05) is 42.1 Å². The standard InChI is InChI=1S/C13H12N2O3S/c16-10(17)7-15-12(18)11-13(15)19-9(14-11)6-8-4-2-1-3-5-8/h1-5,11,13H,6-7H2,(H,16,17). The van der Waals surface area contributed by atoms with Crippen molar-refractivity contribution in [2.75, 3.05) is 6.54 Å². The lowest BCUT2D eigenvalue weighted by molar-refractivity contribution is -0.152. The van der Waals surface area contributed by atoms with Crippen LogP contribution in [0, 0.1) is 0 Å². The lowest BCUT2D eigenvalue weighted by Crippen LogP contribution is -2.61. The largest absolute Gasteiger partial charge is 0.480 e. The molecule has 3 rings (SSSR count). The van der Waals surface area contributed by atoms with Crippen LogP contribution in [0.5, 0.6) is 0 Å². The first-order valence-corrected chi connectivity index (χ1v) is 6.82. The number of benzene rings is 1. The summed E-state index contributed by atoms with van der Waals surface area (Å²) in [7, 11) is 0. The van der Waals surface area contributed by atoms with Crippen LogP contribution in [0.4, 0.5) is 0 Å². The number of fused-ring (bicyclic) bond motifs is 1. The molecule has 2 unspecified atom stereocenters. The number of hydrogen-bond acceptors (Lipinski definition) is 4. The Balaban J connectivity index is 1.66. The Morgan fingerprint density at radius 3 is 2.79 bits per heavy atom. The van der Waals surface area contributed by atoms with Crippen molar-refractivity contribution in [3.8, 4) is 0 Å². The molecule has 1 amide bonds. The number of aliphatic imine (C=N–C) groups is 1. The highest BCUT2D eigenvalue weighted by Crippen LogP contribution is 2.39. The van der Waals surface area contributed by atoms with Crippen LogP contribution >= 0.6 is 11.8 Å². The molecule has 0 saturated carbocycles. The molecule has 1 aromatic carbocycles. The van der Waals surface area contributed by atoms with Crippen molar-refractivity contribution in [2.24, 2.45) is 4.99 Å². The second kappa shape index (κ2) is 4.70. The van der Waals surface area contributed by atoms with Crippen molar-refractivity contribution in [1.82, 2.24) is 4.90 Å². The molecule has 2 heterocycles. The number of rotatable bonds is 4. The maximum atomic E-state index is 11.7. The molecule has 1 aromatic rings. The molecule has 0 radical (unpaired) electrons. The normalized spacial score (nSPS) is 24.7. The minimum atomic E-state index is -0.982. The molecule has 1 fully saturated rings. The van der Waals surface area contributed by atoms with Gasteiger partial charge in [0.15, 0.2) is 6.04 Å². The van der Waals surface area contributed by atoms with Crippen molar-refractivity contribution in [2.45, 2.75) is 17.8 Å². The minimum absolute atomic E-state index is 0.123. The maximum Gasteiger partial charge on any atom is 0.323 e. The predicted molar refractivity (Wildman–Crippen MR) is 72.1 cm³/mol. The number of carboxylic acid groups (broad SMARTS) is 1. The summed E-state index contributed by atoms with van der Waals surface area (Å²) < 4.78 is 0. The van der Waals surface area contributed by atoms with Crippen LogP contribution in [0.25, 0.3) is 0 Å². The molecule has 0 aliphatic carbocycles. The van der Waals surface area contributed by atoms with Crippen molar-refractivity contribution in [1.29, 1.82) is 0 Å². The fraction of sp³-hybridized carbons (Fsp3) is 0.308. The molecular weight excluding hydrogens is 264 g/mol. The van der Waals surface area contributed by atoms with E-state index in [0.29, 0.717) is 6.42 Å². The quantitative estimate of drug-likeness (QED) is 0.833. The molecule has 2 atom stereocenters. The number of likely N-dealkylation sites (tertiary alicyclic amines) is 1. The van der Waals surface area contributed by atoms with Crippen LogP contribution in [0.1, 0.15) is 5.56 Å². The fourth-order valence-corrected chi connectivity index (χ4v) is 3.56. The van der Waals surface area contributed by atoms with Crippen LogP contribution < -0.4 is 0 Å². The highest BCUT2D eigenvalue weighted by molar-refractivity contribution is 8.14. The number of carboxylic acids is 1. The molecule has 1 N–H and O–H groups in total. The van der Waals surface area contributed by atoms with Crippen molar-refractivity contribution >= 4 is 28.7 Å². The van der Waals surface area contributed by atoms with Crippen LogP contribution in [0.2, 0.25) is 0 Å². The van der Waals surface area contributed by atoms with Gasteiger partial charge in [-0.25, -0.2) is 0 Å². The Kier molecular flexibility index (Phi) is 3.02. The van der Waals surface area contributed by atoms with E-state index in [1.54, 1.807) is 0 Å². The summed E-state index contributed by atoms with van der Waals surface area (Å²) in [6, 6.07) is 9.54. The second-order valence-corrected chi connectivity index (χ2v) is 5.69. The lowest BCUT2D eigenvalue weighted by Gasteiger charge is -2.39. The first kappa shape index (κ1) is 12.2. The zero-order chi connectivity index (χ0) is 13.4. The van der Waals surface area contributed by atoms with Crippen LogP contribution in [0.15, 0.2) is 35.3 Å². The van der Waals surface area contributed by atoms with Crippen LogP contribution in [-0.2, 0) is 16.0 Å². The molecule has 98 valence electrons. The number of carbonyl (C=O) groups excluding carboxylic acids is 1. The van der Waals surface area contributed by atoms with Gasteiger partial charge in [-0.05, 0) is 5.56 Å². The third-order valence-electron chi connectivity index (χ3n) is 3.16. The van der Waals surface area contributed by atoms with E-state index >= 15 is 0 Å². The zero-order valence-corrected chi connectivity index (χ0v) is 10.8. The Morgan fingerprint density at radius 2 is 2.11 bits per heavy atom. The molecule has 1 saturated heterocycles. The van der Waals surface area contributed by atoms with Gasteiger partial charge in [0.05, 0.1) is 5.04 Å². The number of β-lactam (4-membered cyclic amide) rings is 1. The highest BCUT2D eigenvalue weighted by atomic mass is 32.2. The summed E-state index contributed by atoms with van der Waals surface area (Å²) in [4.78, 5) is 28.1. The third-order valence-corrected chi connectivity index (χ3v) is 4.43. The van der Waals surface area contributed by atoms with E-state index in [1.807, 2.05) is 30.3 Å². The molecular formula is C13H12N2O3S. The molecule has 5 nitrogen and oxygen atoms in total. The first-order valence-electron chi connectivity index (χ1n) is 5.94. The SMILES string of the molecule is O=C(O)CN1C(=O)C2N=C(Cc3ccccc3)SC21. The summed E-state index contributed by atoms with van der Waals surface area (Å²) in [5, 5.41) is 9.53. The minimum Gasteiger partial charge on any atom is -0.480 e. The van der Waals surface area contributed by atoms with Gasteiger partial charge in [0.2, 0.25) is 0 Å².